The molecule has 1 aromatic carbocycles. The fourth-order valence-electron chi connectivity index (χ4n) is 3.38. The van der Waals surface area contributed by atoms with Gasteiger partial charge in [0.15, 0.2) is 0 Å². The summed E-state index contributed by atoms with van der Waals surface area (Å²) in [6.07, 6.45) is 6.89. The van der Waals surface area contributed by atoms with Crippen LogP contribution in [-0.2, 0) is 4.79 Å². The Hall–Kier alpha value is -1.71. The van der Waals surface area contributed by atoms with Crippen molar-refractivity contribution >= 4 is 17.3 Å². The Labute approximate surface area is 133 Å². The molecule has 0 aliphatic carbocycles. The maximum absolute atomic E-state index is 12.0. The third-order valence-electron chi connectivity index (χ3n) is 4.72. The van der Waals surface area contributed by atoms with E-state index in [9.17, 15) is 4.79 Å². The molecule has 0 saturated carbocycles. The summed E-state index contributed by atoms with van der Waals surface area (Å²) in [5, 5.41) is 3.36. The highest BCUT2D eigenvalue weighted by Crippen LogP contribution is 2.21. The van der Waals surface area contributed by atoms with E-state index in [1.807, 2.05) is 4.90 Å². The molecule has 0 bridgehead atoms. The number of rotatable bonds is 5. The van der Waals surface area contributed by atoms with Crippen molar-refractivity contribution in [3.63, 3.8) is 0 Å². The van der Waals surface area contributed by atoms with E-state index in [0.29, 0.717) is 6.42 Å². The molecule has 1 aromatic rings. The van der Waals surface area contributed by atoms with Crippen LogP contribution in [0.1, 0.15) is 38.5 Å². The van der Waals surface area contributed by atoms with Crippen molar-refractivity contribution in [1.29, 1.82) is 0 Å². The molecule has 2 heterocycles. The summed E-state index contributed by atoms with van der Waals surface area (Å²) in [6, 6.07) is 8.64. The molecule has 1 amide bonds. The van der Waals surface area contributed by atoms with Gasteiger partial charge in [-0.25, -0.2) is 0 Å². The maximum atomic E-state index is 12.0. The van der Waals surface area contributed by atoms with Gasteiger partial charge in [0.25, 0.3) is 0 Å². The first kappa shape index (κ1) is 15.2. The Balaban J connectivity index is 1.43. The van der Waals surface area contributed by atoms with Gasteiger partial charge in [0.2, 0.25) is 5.91 Å². The molecule has 0 unspecified atom stereocenters. The molecule has 22 heavy (non-hydrogen) atoms. The molecule has 0 spiro atoms. The number of nitrogens with one attached hydrogen (secondary N) is 1. The van der Waals surface area contributed by atoms with E-state index in [1.165, 1.54) is 38.0 Å². The van der Waals surface area contributed by atoms with Crippen molar-refractivity contribution in [1.82, 2.24) is 4.90 Å². The number of carbonyl (C=O) groups excluding carboxylic acids is 1. The van der Waals surface area contributed by atoms with Crippen molar-refractivity contribution in [3.8, 4) is 0 Å². The molecule has 120 valence electrons. The Morgan fingerprint density at radius 2 is 1.55 bits per heavy atom. The third kappa shape index (κ3) is 3.93. The van der Waals surface area contributed by atoms with Gasteiger partial charge in [-0.05, 0) is 56.4 Å². The Morgan fingerprint density at radius 3 is 2.23 bits per heavy atom. The highest BCUT2D eigenvalue weighted by Gasteiger charge is 2.17. The largest absolute Gasteiger partial charge is 0.385 e. The normalized spacial score (nSPS) is 18.5. The fourth-order valence-corrected chi connectivity index (χ4v) is 3.38. The number of carbonyl (C=O) groups is 1. The Kier molecular flexibility index (Phi) is 5.20. The van der Waals surface area contributed by atoms with Crippen LogP contribution in [0.3, 0.4) is 0 Å². The van der Waals surface area contributed by atoms with Gasteiger partial charge in [-0.1, -0.05) is 0 Å². The molecule has 2 aliphatic heterocycles. The molecule has 4 heteroatoms. The highest BCUT2D eigenvalue weighted by atomic mass is 16.2. The fraction of sp³-hybridized carbons (Fsp3) is 0.611. The third-order valence-corrected chi connectivity index (χ3v) is 4.72. The van der Waals surface area contributed by atoms with E-state index < -0.39 is 0 Å². The first-order valence-corrected chi connectivity index (χ1v) is 8.69. The number of hydrogen-bond donors (Lipinski definition) is 1. The molecule has 2 aliphatic rings. The lowest BCUT2D eigenvalue weighted by molar-refractivity contribution is -0.129. The van der Waals surface area contributed by atoms with Crippen LogP contribution in [0.2, 0.25) is 0 Å². The van der Waals surface area contributed by atoms with Crippen LogP contribution >= 0.6 is 0 Å². The van der Waals surface area contributed by atoms with Gasteiger partial charge in [0, 0.05) is 50.5 Å². The van der Waals surface area contributed by atoms with Crippen LogP contribution in [0.4, 0.5) is 11.4 Å². The molecular weight excluding hydrogens is 274 g/mol. The van der Waals surface area contributed by atoms with Crippen molar-refractivity contribution < 1.29 is 4.79 Å². The number of amides is 1. The minimum atomic E-state index is 0.287. The lowest BCUT2D eigenvalue weighted by atomic mass is 10.1. The molecule has 4 nitrogen and oxygen atoms in total. The second-order valence-electron chi connectivity index (χ2n) is 6.36. The number of benzene rings is 1. The predicted octanol–water partition coefficient (Wildman–Crippen LogP) is 3.10. The number of hydrogen-bond acceptors (Lipinski definition) is 3. The van der Waals surface area contributed by atoms with Crippen LogP contribution in [0.15, 0.2) is 24.3 Å². The van der Waals surface area contributed by atoms with E-state index in [-0.39, 0.29) is 5.91 Å². The monoisotopic (exact) mass is 301 g/mol. The van der Waals surface area contributed by atoms with Gasteiger partial charge in [-0.2, -0.15) is 0 Å². The lowest BCUT2D eigenvalue weighted by Crippen LogP contribution is -2.29. The quantitative estimate of drug-likeness (QED) is 0.908. The minimum Gasteiger partial charge on any atom is -0.385 e. The number of piperidine rings is 1. The molecule has 2 saturated heterocycles. The van der Waals surface area contributed by atoms with Gasteiger partial charge >= 0.3 is 0 Å². The van der Waals surface area contributed by atoms with Crippen LogP contribution in [0, 0.1) is 0 Å². The minimum absolute atomic E-state index is 0.287. The molecule has 0 aromatic heterocycles. The second-order valence-corrected chi connectivity index (χ2v) is 6.36. The summed E-state index contributed by atoms with van der Waals surface area (Å²) in [5.74, 6) is 0.287. The number of likely N-dealkylation sites (tertiary alicyclic amines) is 1. The zero-order valence-electron chi connectivity index (χ0n) is 13.4. The first-order chi connectivity index (χ1) is 10.8. The van der Waals surface area contributed by atoms with E-state index in [0.717, 1.165) is 38.2 Å². The van der Waals surface area contributed by atoms with Crippen LogP contribution in [0.5, 0.6) is 0 Å². The molecular formula is C18H27N3O. The van der Waals surface area contributed by atoms with Gasteiger partial charge in [0.1, 0.15) is 0 Å². The summed E-state index contributed by atoms with van der Waals surface area (Å²) >= 11 is 0. The van der Waals surface area contributed by atoms with Crippen molar-refractivity contribution in [2.24, 2.45) is 0 Å². The second kappa shape index (κ2) is 7.52. The maximum Gasteiger partial charge on any atom is 0.224 e. The number of nitrogens with zero attached hydrogens (tertiary/aromatic N) is 2. The summed E-state index contributed by atoms with van der Waals surface area (Å²) in [6.45, 7) is 4.97. The molecule has 3 rings (SSSR count). The average molecular weight is 301 g/mol. The molecule has 1 N–H and O–H groups in total. The summed E-state index contributed by atoms with van der Waals surface area (Å²) in [5.41, 5.74) is 2.42. The van der Waals surface area contributed by atoms with Crippen molar-refractivity contribution in [3.05, 3.63) is 24.3 Å². The summed E-state index contributed by atoms with van der Waals surface area (Å²) < 4.78 is 0. The van der Waals surface area contributed by atoms with E-state index in [4.69, 9.17) is 0 Å². The predicted molar refractivity (Wildman–Crippen MR) is 91.4 cm³/mol. The van der Waals surface area contributed by atoms with Crippen molar-refractivity contribution in [2.45, 2.75) is 38.5 Å². The lowest BCUT2D eigenvalue weighted by Gasteiger charge is -2.28. The molecule has 0 atom stereocenters. The Bertz CT molecular complexity index is 474. The smallest absolute Gasteiger partial charge is 0.224 e. The van der Waals surface area contributed by atoms with E-state index in [2.05, 4.69) is 34.5 Å². The SMILES string of the molecule is O=C(CCNc1ccc(N2CCCCC2)cc1)N1CCCC1. The zero-order chi connectivity index (χ0) is 15.2. The van der Waals surface area contributed by atoms with Crippen LogP contribution < -0.4 is 10.2 Å². The summed E-state index contributed by atoms with van der Waals surface area (Å²) in [4.78, 5) is 16.4. The molecule has 0 radical (unpaired) electrons. The summed E-state index contributed by atoms with van der Waals surface area (Å²) in [7, 11) is 0. The van der Waals surface area contributed by atoms with Gasteiger partial charge in [-0.3, -0.25) is 4.79 Å². The van der Waals surface area contributed by atoms with Gasteiger partial charge in [0.05, 0.1) is 0 Å². The van der Waals surface area contributed by atoms with Gasteiger partial charge in [-0.15, -0.1) is 0 Å². The standard InChI is InChI=1S/C18H27N3O/c22-18(21-14-4-5-15-21)10-11-19-16-6-8-17(9-7-16)20-12-2-1-3-13-20/h6-9,19H,1-5,10-15H2. The topological polar surface area (TPSA) is 35.6 Å². The first-order valence-electron chi connectivity index (χ1n) is 8.69. The van der Waals surface area contributed by atoms with Crippen LogP contribution in [0.25, 0.3) is 0 Å². The van der Waals surface area contributed by atoms with E-state index >= 15 is 0 Å². The number of anilines is 2. The average Bonchev–Trinajstić information content (AvgIpc) is 3.11. The van der Waals surface area contributed by atoms with Gasteiger partial charge < -0.3 is 15.1 Å². The Morgan fingerprint density at radius 1 is 0.909 bits per heavy atom. The van der Waals surface area contributed by atoms with Crippen molar-refractivity contribution in [2.75, 3.05) is 42.9 Å². The zero-order valence-corrected chi connectivity index (χ0v) is 13.4. The van der Waals surface area contributed by atoms with E-state index in [1.54, 1.807) is 0 Å². The highest BCUT2D eigenvalue weighted by molar-refractivity contribution is 5.77. The van der Waals surface area contributed by atoms with Crippen LogP contribution in [-0.4, -0.2) is 43.5 Å². The molecule has 2 fully saturated rings.